The highest BCUT2D eigenvalue weighted by Crippen LogP contribution is 2.08. The molecule has 0 rings (SSSR count). The minimum atomic E-state index is -3.37. The first-order valence-electron chi connectivity index (χ1n) is 4.21. The van der Waals surface area contributed by atoms with Crippen molar-refractivity contribution in [1.29, 1.82) is 0 Å². The molecular formula is C8H17NO4S. The van der Waals surface area contributed by atoms with Gasteiger partial charge in [-0.1, -0.05) is 0 Å². The van der Waals surface area contributed by atoms with Gasteiger partial charge in [-0.3, -0.25) is 4.79 Å². The average molecular weight is 223 g/mol. The van der Waals surface area contributed by atoms with Crippen molar-refractivity contribution in [2.45, 2.75) is 39.3 Å². The largest absolute Gasteiger partial charge is 0.459 e. The number of ether oxygens (including phenoxy) is 1. The van der Waals surface area contributed by atoms with Crippen molar-refractivity contribution in [3.8, 4) is 0 Å². The smallest absolute Gasteiger partial charge is 0.324 e. The van der Waals surface area contributed by atoms with Crippen molar-refractivity contribution in [3.63, 3.8) is 0 Å². The van der Waals surface area contributed by atoms with Gasteiger partial charge in [0.2, 0.25) is 10.0 Å². The fourth-order valence-electron chi connectivity index (χ4n) is 0.759. The highest BCUT2D eigenvalue weighted by atomic mass is 32.2. The molecule has 0 aromatic carbocycles. The molecule has 1 N–H and O–H groups in total. The van der Waals surface area contributed by atoms with Crippen LogP contribution in [0.4, 0.5) is 0 Å². The van der Waals surface area contributed by atoms with Crippen LogP contribution in [0.1, 0.15) is 27.7 Å². The van der Waals surface area contributed by atoms with Crippen LogP contribution in [0.5, 0.6) is 0 Å². The maximum Gasteiger partial charge on any atom is 0.324 e. The van der Waals surface area contributed by atoms with E-state index in [9.17, 15) is 13.2 Å². The van der Waals surface area contributed by atoms with Crippen LogP contribution < -0.4 is 4.72 Å². The molecule has 0 aliphatic heterocycles. The Morgan fingerprint density at radius 1 is 1.36 bits per heavy atom. The van der Waals surface area contributed by atoms with Gasteiger partial charge in [0.05, 0.1) is 6.26 Å². The molecule has 0 radical (unpaired) electrons. The highest BCUT2D eigenvalue weighted by molar-refractivity contribution is 7.88. The minimum Gasteiger partial charge on any atom is -0.459 e. The van der Waals surface area contributed by atoms with E-state index in [1.807, 2.05) is 0 Å². The minimum absolute atomic E-state index is 0.581. The summed E-state index contributed by atoms with van der Waals surface area (Å²) in [6, 6.07) is -0.857. The van der Waals surface area contributed by atoms with Gasteiger partial charge in [-0.05, 0) is 27.7 Å². The Bertz CT molecular complexity index is 302. The van der Waals surface area contributed by atoms with E-state index in [4.69, 9.17) is 4.74 Å². The lowest BCUT2D eigenvalue weighted by Gasteiger charge is -2.22. The second kappa shape index (κ2) is 4.27. The zero-order valence-electron chi connectivity index (χ0n) is 9.12. The Morgan fingerprint density at radius 2 is 1.79 bits per heavy atom. The van der Waals surface area contributed by atoms with Crippen molar-refractivity contribution in [2.75, 3.05) is 6.26 Å². The molecule has 0 aliphatic rings. The van der Waals surface area contributed by atoms with Gasteiger partial charge >= 0.3 is 5.97 Å². The number of rotatable bonds is 3. The van der Waals surface area contributed by atoms with Gasteiger partial charge in [-0.25, -0.2) is 13.1 Å². The van der Waals surface area contributed by atoms with E-state index >= 15 is 0 Å². The van der Waals surface area contributed by atoms with E-state index in [0.717, 1.165) is 6.26 Å². The summed E-state index contributed by atoms with van der Waals surface area (Å²) in [5, 5.41) is 0. The van der Waals surface area contributed by atoms with Crippen molar-refractivity contribution >= 4 is 16.0 Å². The Kier molecular flexibility index (Phi) is 4.08. The molecule has 0 aromatic heterocycles. The summed E-state index contributed by atoms with van der Waals surface area (Å²) < 4.78 is 28.7. The molecule has 0 heterocycles. The topological polar surface area (TPSA) is 72.5 Å². The molecule has 0 saturated carbocycles. The van der Waals surface area contributed by atoms with Crippen molar-refractivity contribution in [3.05, 3.63) is 0 Å². The Morgan fingerprint density at radius 3 is 2.07 bits per heavy atom. The van der Waals surface area contributed by atoms with Crippen molar-refractivity contribution in [1.82, 2.24) is 4.72 Å². The predicted octanol–water partition coefficient (Wildman–Crippen LogP) is 0.266. The van der Waals surface area contributed by atoms with Crippen LogP contribution in [0.3, 0.4) is 0 Å². The zero-order valence-corrected chi connectivity index (χ0v) is 9.94. The quantitative estimate of drug-likeness (QED) is 0.697. The predicted molar refractivity (Wildman–Crippen MR) is 53.3 cm³/mol. The maximum atomic E-state index is 11.3. The lowest BCUT2D eigenvalue weighted by Crippen LogP contribution is -2.41. The number of carbonyl (C=O) groups excluding carboxylic acids is 1. The molecule has 1 atom stereocenters. The second-order valence-corrected chi connectivity index (χ2v) is 5.93. The first-order valence-corrected chi connectivity index (χ1v) is 6.10. The molecule has 6 heteroatoms. The van der Waals surface area contributed by atoms with Crippen LogP contribution in [-0.2, 0) is 19.6 Å². The van der Waals surface area contributed by atoms with E-state index in [-0.39, 0.29) is 0 Å². The number of hydrogen-bond donors (Lipinski definition) is 1. The molecule has 14 heavy (non-hydrogen) atoms. The first kappa shape index (κ1) is 13.4. The summed E-state index contributed by atoms with van der Waals surface area (Å²) in [5.74, 6) is -0.581. The summed E-state index contributed by atoms with van der Waals surface area (Å²) >= 11 is 0. The van der Waals surface area contributed by atoms with Crippen molar-refractivity contribution < 1.29 is 17.9 Å². The van der Waals surface area contributed by atoms with Crippen LogP contribution >= 0.6 is 0 Å². The van der Waals surface area contributed by atoms with E-state index in [1.165, 1.54) is 6.92 Å². The van der Waals surface area contributed by atoms with Gasteiger partial charge in [0.25, 0.3) is 0 Å². The molecule has 0 bridgehead atoms. The molecule has 0 saturated heterocycles. The number of nitrogens with one attached hydrogen (secondary N) is 1. The third-order valence-corrected chi connectivity index (χ3v) is 1.93. The number of sulfonamides is 1. The fourth-order valence-corrected chi connectivity index (χ4v) is 1.50. The number of hydrogen-bond acceptors (Lipinski definition) is 4. The van der Waals surface area contributed by atoms with E-state index in [1.54, 1.807) is 20.8 Å². The monoisotopic (exact) mass is 223 g/mol. The lowest BCUT2D eigenvalue weighted by atomic mass is 10.2. The van der Waals surface area contributed by atoms with Gasteiger partial charge in [0.15, 0.2) is 0 Å². The van der Waals surface area contributed by atoms with Crippen LogP contribution in [0.15, 0.2) is 0 Å². The zero-order chi connectivity index (χ0) is 11.6. The normalized spacial score (nSPS) is 14.9. The summed E-state index contributed by atoms with van der Waals surface area (Å²) in [5.41, 5.74) is -0.607. The highest BCUT2D eigenvalue weighted by Gasteiger charge is 2.23. The second-order valence-electron chi connectivity index (χ2n) is 4.15. The SMILES string of the molecule is C[C@H](NS(C)(=O)=O)C(=O)OC(C)(C)C. The van der Waals surface area contributed by atoms with Crippen LogP contribution in [0.2, 0.25) is 0 Å². The van der Waals surface area contributed by atoms with Crippen LogP contribution in [0, 0.1) is 0 Å². The van der Waals surface area contributed by atoms with E-state index in [0.29, 0.717) is 0 Å². The molecule has 84 valence electrons. The Labute approximate surface area is 84.9 Å². The van der Waals surface area contributed by atoms with Gasteiger partial charge in [0.1, 0.15) is 11.6 Å². The average Bonchev–Trinajstić information content (AvgIpc) is 1.78. The van der Waals surface area contributed by atoms with Crippen molar-refractivity contribution in [2.24, 2.45) is 0 Å². The lowest BCUT2D eigenvalue weighted by molar-refractivity contribution is -0.156. The molecule has 0 aromatic rings. The molecule has 0 spiro atoms. The summed E-state index contributed by atoms with van der Waals surface area (Å²) in [6.45, 7) is 6.60. The molecule has 0 aliphatic carbocycles. The summed E-state index contributed by atoms with van der Waals surface area (Å²) in [6.07, 6.45) is 0.994. The fraction of sp³-hybridized carbons (Fsp3) is 0.875. The molecule has 5 nitrogen and oxygen atoms in total. The molecule has 0 fully saturated rings. The molecule has 0 amide bonds. The molecule has 0 unspecified atom stereocenters. The third kappa shape index (κ3) is 6.85. The Balaban J connectivity index is 4.29. The van der Waals surface area contributed by atoms with E-state index in [2.05, 4.69) is 4.72 Å². The number of carbonyl (C=O) groups is 1. The maximum absolute atomic E-state index is 11.3. The third-order valence-electron chi connectivity index (χ3n) is 1.15. The Hall–Kier alpha value is -0.620. The van der Waals surface area contributed by atoms with Gasteiger partial charge in [-0.2, -0.15) is 0 Å². The van der Waals surface area contributed by atoms with E-state index < -0.39 is 27.6 Å². The summed E-state index contributed by atoms with van der Waals surface area (Å²) in [4.78, 5) is 11.3. The van der Waals surface area contributed by atoms with Gasteiger partial charge in [0, 0.05) is 0 Å². The van der Waals surface area contributed by atoms with Gasteiger partial charge in [-0.15, -0.1) is 0 Å². The van der Waals surface area contributed by atoms with Crippen LogP contribution in [-0.4, -0.2) is 32.3 Å². The summed E-state index contributed by atoms with van der Waals surface area (Å²) in [7, 11) is -3.37. The standard InChI is InChI=1S/C8H17NO4S/c1-6(9-14(5,11)12)7(10)13-8(2,3)4/h6,9H,1-5H3/t6-/m0/s1. The van der Waals surface area contributed by atoms with Crippen LogP contribution in [0.25, 0.3) is 0 Å². The van der Waals surface area contributed by atoms with Gasteiger partial charge < -0.3 is 4.74 Å². The first-order chi connectivity index (χ1) is 6.01. The molecular weight excluding hydrogens is 206 g/mol. The number of esters is 1.